The van der Waals surface area contributed by atoms with Crippen molar-refractivity contribution >= 4 is 17.4 Å². The number of amides is 1. The van der Waals surface area contributed by atoms with Crippen molar-refractivity contribution in [1.82, 2.24) is 9.78 Å². The van der Waals surface area contributed by atoms with Crippen molar-refractivity contribution in [2.75, 3.05) is 36.9 Å². The van der Waals surface area contributed by atoms with Crippen LogP contribution in [0, 0.1) is 0 Å². The van der Waals surface area contributed by atoms with Crippen LogP contribution in [0.1, 0.15) is 6.42 Å². The molecule has 1 heterocycles. The lowest BCUT2D eigenvalue weighted by atomic mass is 10.4. The van der Waals surface area contributed by atoms with E-state index in [1.54, 1.807) is 9.58 Å². The number of aromatic nitrogens is 2. The number of rotatable bonds is 8. The number of nitrogens with two attached hydrogens (primary N) is 2. The Morgan fingerprint density at radius 2 is 2.00 bits per heavy atom. The first-order valence-corrected chi connectivity index (χ1v) is 5.66. The molecule has 102 valence electrons. The predicted octanol–water partition coefficient (Wildman–Crippen LogP) is -1.87. The van der Waals surface area contributed by atoms with Gasteiger partial charge in [0.2, 0.25) is 5.91 Å². The first-order valence-electron chi connectivity index (χ1n) is 5.66. The van der Waals surface area contributed by atoms with Crippen LogP contribution in [0.2, 0.25) is 0 Å². The Morgan fingerprint density at radius 1 is 1.39 bits per heavy atom. The van der Waals surface area contributed by atoms with E-state index in [4.69, 9.17) is 21.7 Å². The number of carbonyl (C=O) groups excluding carboxylic acids is 1. The smallest absolute Gasteiger partial charge is 0.219 e. The van der Waals surface area contributed by atoms with Gasteiger partial charge in [-0.15, -0.1) is 0 Å². The average molecular weight is 257 g/mol. The zero-order valence-corrected chi connectivity index (χ0v) is 10.1. The molecule has 18 heavy (non-hydrogen) atoms. The minimum Gasteiger partial charge on any atom is -0.395 e. The van der Waals surface area contributed by atoms with Gasteiger partial charge in [0, 0.05) is 19.5 Å². The van der Waals surface area contributed by atoms with Crippen molar-refractivity contribution in [1.29, 1.82) is 0 Å². The second-order valence-electron chi connectivity index (χ2n) is 3.80. The first kappa shape index (κ1) is 14.3. The standard InChI is InChI=1S/C10H19N5O3/c11-8-7-13-15(2-1-9(12)18)10(8)14(3-5-16)4-6-17/h7,16-17H,1-6,11H2,(H2,12,18). The van der Waals surface area contributed by atoms with Gasteiger partial charge in [0.1, 0.15) is 0 Å². The lowest BCUT2D eigenvalue weighted by Gasteiger charge is -2.24. The summed E-state index contributed by atoms with van der Waals surface area (Å²) in [5.41, 5.74) is 11.3. The van der Waals surface area contributed by atoms with Crippen LogP contribution in [-0.4, -0.2) is 52.2 Å². The summed E-state index contributed by atoms with van der Waals surface area (Å²) in [4.78, 5) is 12.5. The van der Waals surface area contributed by atoms with Crippen molar-refractivity contribution in [3.05, 3.63) is 6.20 Å². The monoisotopic (exact) mass is 257 g/mol. The molecular weight excluding hydrogens is 238 g/mol. The number of aliphatic hydroxyl groups is 2. The Hall–Kier alpha value is -1.80. The summed E-state index contributed by atoms with van der Waals surface area (Å²) in [6.07, 6.45) is 1.62. The molecule has 0 fully saturated rings. The van der Waals surface area contributed by atoms with Crippen LogP contribution < -0.4 is 16.4 Å². The summed E-state index contributed by atoms with van der Waals surface area (Å²) in [5, 5.41) is 22.0. The number of anilines is 2. The Morgan fingerprint density at radius 3 is 2.50 bits per heavy atom. The van der Waals surface area contributed by atoms with E-state index in [2.05, 4.69) is 5.10 Å². The fourth-order valence-corrected chi connectivity index (χ4v) is 1.68. The van der Waals surface area contributed by atoms with Gasteiger partial charge in [-0.05, 0) is 0 Å². The number of nitrogen functional groups attached to an aromatic ring is 1. The van der Waals surface area contributed by atoms with Crippen LogP contribution in [0.4, 0.5) is 11.5 Å². The molecular formula is C10H19N5O3. The molecule has 0 aliphatic carbocycles. The van der Waals surface area contributed by atoms with E-state index in [-0.39, 0.29) is 19.6 Å². The normalized spacial score (nSPS) is 10.6. The van der Waals surface area contributed by atoms with Gasteiger partial charge in [0.25, 0.3) is 0 Å². The van der Waals surface area contributed by atoms with Gasteiger partial charge in [-0.1, -0.05) is 0 Å². The largest absolute Gasteiger partial charge is 0.395 e. The zero-order valence-electron chi connectivity index (χ0n) is 10.1. The first-order chi connectivity index (χ1) is 8.60. The topological polar surface area (TPSA) is 131 Å². The molecule has 0 bridgehead atoms. The van der Waals surface area contributed by atoms with Gasteiger partial charge in [-0.2, -0.15) is 5.10 Å². The number of hydrogen-bond acceptors (Lipinski definition) is 6. The zero-order chi connectivity index (χ0) is 13.5. The van der Waals surface area contributed by atoms with E-state index in [1.807, 2.05) is 0 Å². The molecule has 0 atom stereocenters. The quantitative estimate of drug-likeness (QED) is 0.431. The summed E-state index contributed by atoms with van der Waals surface area (Å²) in [7, 11) is 0. The van der Waals surface area contributed by atoms with Gasteiger partial charge in [0.05, 0.1) is 31.6 Å². The molecule has 1 aromatic heterocycles. The molecule has 0 saturated carbocycles. The highest BCUT2D eigenvalue weighted by Crippen LogP contribution is 2.22. The molecule has 0 aliphatic rings. The number of aliphatic hydroxyl groups excluding tert-OH is 2. The van der Waals surface area contributed by atoms with Crippen molar-refractivity contribution in [2.24, 2.45) is 5.73 Å². The molecule has 1 aromatic rings. The second-order valence-corrected chi connectivity index (χ2v) is 3.80. The summed E-state index contributed by atoms with van der Waals surface area (Å²) in [6.45, 7) is 0.830. The van der Waals surface area contributed by atoms with Crippen LogP contribution in [0.15, 0.2) is 6.20 Å². The molecule has 0 radical (unpaired) electrons. The van der Waals surface area contributed by atoms with Crippen molar-refractivity contribution < 1.29 is 15.0 Å². The van der Waals surface area contributed by atoms with Crippen LogP contribution in [0.5, 0.6) is 0 Å². The van der Waals surface area contributed by atoms with Crippen molar-refractivity contribution in [2.45, 2.75) is 13.0 Å². The van der Waals surface area contributed by atoms with Crippen LogP contribution in [-0.2, 0) is 11.3 Å². The third-order valence-electron chi connectivity index (χ3n) is 2.45. The number of nitrogens with zero attached hydrogens (tertiary/aromatic N) is 3. The molecule has 0 aliphatic heterocycles. The van der Waals surface area contributed by atoms with Crippen molar-refractivity contribution in [3.63, 3.8) is 0 Å². The van der Waals surface area contributed by atoms with Crippen LogP contribution >= 0.6 is 0 Å². The van der Waals surface area contributed by atoms with E-state index >= 15 is 0 Å². The summed E-state index contributed by atoms with van der Waals surface area (Å²) >= 11 is 0. The van der Waals surface area contributed by atoms with Gasteiger partial charge in [-0.3, -0.25) is 4.79 Å². The maximum absolute atomic E-state index is 10.8. The fourth-order valence-electron chi connectivity index (χ4n) is 1.68. The number of aryl methyl sites for hydroxylation is 1. The maximum atomic E-state index is 10.8. The van der Waals surface area contributed by atoms with Crippen molar-refractivity contribution in [3.8, 4) is 0 Å². The van der Waals surface area contributed by atoms with E-state index in [1.165, 1.54) is 6.20 Å². The second kappa shape index (κ2) is 6.82. The molecule has 1 rings (SSSR count). The lowest BCUT2D eigenvalue weighted by Crippen LogP contribution is -2.32. The van der Waals surface area contributed by atoms with Crippen LogP contribution in [0.3, 0.4) is 0 Å². The third-order valence-corrected chi connectivity index (χ3v) is 2.45. The van der Waals surface area contributed by atoms with E-state index in [0.29, 0.717) is 31.1 Å². The number of primary amides is 1. The molecule has 0 unspecified atom stereocenters. The Bertz CT molecular complexity index is 387. The molecule has 6 N–H and O–H groups in total. The van der Waals surface area contributed by atoms with Crippen LogP contribution in [0.25, 0.3) is 0 Å². The number of hydrogen-bond donors (Lipinski definition) is 4. The minimum absolute atomic E-state index is 0.0690. The molecule has 1 amide bonds. The van der Waals surface area contributed by atoms with Gasteiger partial charge < -0.3 is 26.6 Å². The molecule has 0 aromatic carbocycles. The van der Waals surface area contributed by atoms with E-state index < -0.39 is 5.91 Å². The Labute approximate surface area is 105 Å². The number of carbonyl (C=O) groups is 1. The molecule has 0 saturated heterocycles. The Kier molecular flexibility index (Phi) is 5.40. The Balaban J connectivity index is 2.89. The highest BCUT2D eigenvalue weighted by Gasteiger charge is 2.16. The fraction of sp³-hybridized carbons (Fsp3) is 0.600. The maximum Gasteiger partial charge on any atom is 0.219 e. The molecule has 8 nitrogen and oxygen atoms in total. The predicted molar refractivity (Wildman–Crippen MR) is 66.8 cm³/mol. The summed E-state index contributed by atoms with van der Waals surface area (Å²) < 4.78 is 1.55. The molecule has 0 spiro atoms. The lowest BCUT2D eigenvalue weighted by molar-refractivity contribution is -0.118. The summed E-state index contributed by atoms with van der Waals surface area (Å²) in [6, 6.07) is 0. The molecule has 8 heteroatoms. The average Bonchev–Trinajstić information content (AvgIpc) is 2.67. The SMILES string of the molecule is NC(=O)CCn1ncc(N)c1N(CCO)CCO. The minimum atomic E-state index is -0.425. The van der Waals surface area contributed by atoms with E-state index in [9.17, 15) is 4.79 Å². The van der Waals surface area contributed by atoms with Gasteiger partial charge >= 0.3 is 0 Å². The van der Waals surface area contributed by atoms with Gasteiger partial charge in [0.15, 0.2) is 5.82 Å². The van der Waals surface area contributed by atoms with E-state index in [0.717, 1.165) is 0 Å². The third kappa shape index (κ3) is 3.60. The van der Waals surface area contributed by atoms with Gasteiger partial charge in [-0.25, -0.2) is 4.68 Å². The highest BCUT2D eigenvalue weighted by molar-refractivity contribution is 5.73. The highest BCUT2D eigenvalue weighted by atomic mass is 16.3. The summed E-state index contributed by atoms with van der Waals surface area (Å²) in [5.74, 6) is 0.158.